The van der Waals surface area contributed by atoms with Crippen LogP contribution in [-0.4, -0.2) is 28.8 Å². The minimum Gasteiger partial charge on any atom is -0.354 e. The smallest absolute Gasteiger partial charge is 0.269 e. The Morgan fingerprint density at radius 3 is 2.54 bits per heavy atom. The first-order chi connectivity index (χ1) is 13.5. The number of benzene rings is 1. The third-order valence-corrected chi connectivity index (χ3v) is 5.17. The lowest BCUT2D eigenvalue weighted by molar-refractivity contribution is 0.0956. The fourth-order valence-electron chi connectivity index (χ4n) is 2.48. The number of anilines is 1. The van der Waals surface area contributed by atoms with Gasteiger partial charge in [-0.1, -0.05) is 23.9 Å². The van der Waals surface area contributed by atoms with Gasteiger partial charge in [-0.05, 0) is 61.4 Å². The average Bonchev–Trinajstić information content (AvgIpc) is 2.70. The number of hydrogen-bond donors (Lipinski definition) is 2. The van der Waals surface area contributed by atoms with Gasteiger partial charge in [0.15, 0.2) is 0 Å². The second kappa shape index (κ2) is 8.67. The lowest BCUT2D eigenvalue weighted by Gasteiger charge is -2.10. The van der Waals surface area contributed by atoms with Gasteiger partial charge in [0.25, 0.3) is 11.8 Å². The van der Waals surface area contributed by atoms with Crippen molar-refractivity contribution in [1.29, 1.82) is 0 Å². The van der Waals surface area contributed by atoms with Crippen molar-refractivity contribution < 1.29 is 9.59 Å². The molecule has 142 valence electrons. The van der Waals surface area contributed by atoms with Gasteiger partial charge in [0.2, 0.25) is 0 Å². The zero-order valence-electron chi connectivity index (χ0n) is 15.8. The molecule has 6 nitrogen and oxygen atoms in total. The molecule has 0 bridgehead atoms. The van der Waals surface area contributed by atoms with Crippen molar-refractivity contribution in [3.63, 3.8) is 0 Å². The van der Waals surface area contributed by atoms with Crippen molar-refractivity contribution in [2.75, 3.05) is 12.4 Å². The van der Waals surface area contributed by atoms with Crippen LogP contribution in [0.15, 0.2) is 64.6 Å². The molecule has 0 radical (unpaired) electrons. The molecule has 2 amide bonds. The summed E-state index contributed by atoms with van der Waals surface area (Å²) in [6.45, 7) is 4.11. The Bertz CT molecular complexity index is 1040. The predicted octanol–water partition coefficient (Wildman–Crippen LogP) is 3.86. The van der Waals surface area contributed by atoms with Crippen LogP contribution in [0.2, 0.25) is 0 Å². The van der Waals surface area contributed by atoms with E-state index in [1.807, 2.05) is 6.07 Å². The van der Waals surface area contributed by atoms with Crippen LogP contribution in [0.3, 0.4) is 0 Å². The van der Waals surface area contributed by atoms with Gasteiger partial charge in [-0.2, -0.15) is 0 Å². The fraction of sp³-hybridized carbons (Fsp3) is 0.143. The Hall–Kier alpha value is -3.19. The van der Waals surface area contributed by atoms with E-state index < -0.39 is 0 Å². The van der Waals surface area contributed by atoms with Gasteiger partial charge in [0.05, 0.1) is 5.56 Å². The molecule has 3 rings (SSSR count). The summed E-state index contributed by atoms with van der Waals surface area (Å²) in [4.78, 5) is 34.1. The monoisotopic (exact) mass is 392 g/mol. The van der Waals surface area contributed by atoms with Crippen molar-refractivity contribution in [2.45, 2.75) is 23.8 Å². The maximum Gasteiger partial charge on any atom is 0.269 e. The van der Waals surface area contributed by atoms with Crippen molar-refractivity contribution >= 4 is 29.4 Å². The molecule has 0 saturated carbocycles. The molecule has 0 fully saturated rings. The molecule has 0 unspecified atom stereocenters. The number of rotatable bonds is 5. The third-order valence-electron chi connectivity index (χ3n) is 4.16. The number of aryl methyl sites for hydroxylation is 2. The van der Waals surface area contributed by atoms with Gasteiger partial charge >= 0.3 is 0 Å². The van der Waals surface area contributed by atoms with Crippen LogP contribution in [0, 0.1) is 13.8 Å². The molecule has 0 spiro atoms. The van der Waals surface area contributed by atoms with E-state index in [4.69, 9.17) is 0 Å². The number of carbonyl (C=O) groups is 2. The zero-order chi connectivity index (χ0) is 20.1. The first-order valence-corrected chi connectivity index (χ1v) is 9.50. The number of aromatic nitrogens is 2. The SMILES string of the molecule is CNC(=O)c1cccc(NC(=O)c2cccnc2Sc2ccc(C)c(C)c2)n1. The second-order valence-corrected chi connectivity index (χ2v) is 7.21. The molecule has 0 aliphatic rings. The molecule has 2 N–H and O–H groups in total. The minimum atomic E-state index is -0.332. The van der Waals surface area contributed by atoms with E-state index in [1.54, 1.807) is 36.5 Å². The van der Waals surface area contributed by atoms with Crippen molar-refractivity contribution in [1.82, 2.24) is 15.3 Å². The Morgan fingerprint density at radius 1 is 0.964 bits per heavy atom. The Kier molecular flexibility index (Phi) is 6.06. The normalized spacial score (nSPS) is 10.4. The van der Waals surface area contributed by atoms with E-state index >= 15 is 0 Å². The summed E-state index contributed by atoms with van der Waals surface area (Å²) in [5.74, 6) is -0.346. The first kappa shape index (κ1) is 19.6. The van der Waals surface area contributed by atoms with Crippen LogP contribution in [0.5, 0.6) is 0 Å². The van der Waals surface area contributed by atoms with E-state index in [9.17, 15) is 9.59 Å². The summed E-state index contributed by atoms with van der Waals surface area (Å²) in [7, 11) is 1.53. The van der Waals surface area contributed by atoms with Crippen LogP contribution in [-0.2, 0) is 0 Å². The molecule has 2 aromatic heterocycles. The maximum absolute atomic E-state index is 12.8. The van der Waals surface area contributed by atoms with Crippen LogP contribution in [0.4, 0.5) is 5.82 Å². The Labute approximate surface area is 167 Å². The van der Waals surface area contributed by atoms with Crippen LogP contribution >= 0.6 is 11.8 Å². The summed E-state index contributed by atoms with van der Waals surface area (Å²) >= 11 is 1.43. The molecule has 0 saturated heterocycles. The van der Waals surface area contributed by atoms with Crippen molar-refractivity contribution in [2.24, 2.45) is 0 Å². The number of amides is 2. The van der Waals surface area contributed by atoms with Gasteiger partial charge < -0.3 is 10.6 Å². The number of hydrogen-bond acceptors (Lipinski definition) is 5. The molecule has 2 heterocycles. The molecular weight excluding hydrogens is 372 g/mol. The van der Waals surface area contributed by atoms with E-state index in [0.717, 1.165) is 4.90 Å². The number of nitrogens with zero attached hydrogens (tertiary/aromatic N) is 2. The van der Waals surface area contributed by atoms with E-state index in [0.29, 0.717) is 16.4 Å². The predicted molar refractivity (Wildman–Crippen MR) is 110 cm³/mol. The van der Waals surface area contributed by atoms with Crippen molar-refractivity contribution in [3.05, 3.63) is 77.1 Å². The van der Waals surface area contributed by atoms with Gasteiger partial charge in [-0.25, -0.2) is 9.97 Å². The number of pyridine rings is 2. The minimum absolute atomic E-state index is 0.233. The van der Waals surface area contributed by atoms with E-state index in [-0.39, 0.29) is 17.5 Å². The number of carbonyl (C=O) groups excluding carboxylic acids is 2. The Morgan fingerprint density at radius 2 is 1.79 bits per heavy atom. The second-order valence-electron chi connectivity index (χ2n) is 6.15. The summed E-state index contributed by atoms with van der Waals surface area (Å²) in [5, 5.41) is 5.85. The van der Waals surface area contributed by atoms with Crippen molar-refractivity contribution in [3.8, 4) is 0 Å². The van der Waals surface area contributed by atoms with Gasteiger partial charge in [0, 0.05) is 18.1 Å². The third kappa shape index (κ3) is 4.55. The molecule has 0 aliphatic carbocycles. The van der Waals surface area contributed by atoms with Gasteiger partial charge in [-0.3, -0.25) is 9.59 Å². The first-order valence-electron chi connectivity index (χ1n) is 8.68. The largest absolute Gasteiger partial charge is 0.354 e. The summed E-state index contributed by atoms with van der Waals surface area (Å²) < 4.78 is 0. The molecule has 0 atom stereocenters. The molecule has 28 heavy (non-hydrogen) atoms. The lowest BCUT2D eigenvalue weighted by atomic mass is 10.1. The van der Waals surface area contributed by atoms with Gasteiger partial charge in [-0.15, -0.1) is 0 Å². The molecule has 1 aromatic carbocycles. The van der Waals surface area contributed by atoms with Crippen LogP contribution in [0.1, 0.15) is 32.0 Å². The topological polar surface area (TPSA) is 84.0 Å². The molecular formula is C21H20N4O2S. The summed E-state index contributed by atoms with van der Waals surface area (Å²) in [6, 6.07) is 14.5. The maximum atomic E-state index is 12.8. The lowest BCUT2D eigenvalue weighted by Crippen LogP contribution is -2.20. The zero-order valence-corrected chi connectivity index (χ0v) is 16.6. The highest BCUT2D eigenvalue weighted by Crippen LogP contribution is 2.30. The highest BCUT2D eigenvalue weighted by atomic mass is 32.2. The summed E-state index contributed by atoms with van der Waals surface area (Å²) in [5.41, 5.74) is 3.07. The van der Waals surface area contributed by atoms with Gasteiger partial charge in [0.1, 0.15) is 16.5 Å². The standard InChI is InChI=1S/C21H20N4O2S/c1-13-9-10-15(12-14(13)2)28-21-16(6-5-11-23-21)19(26)25-18-8-4-7-17(24-18)20(27)22-3/h4-12H,1-3H3,(H,22,27)(H,24,25,26). The van der Waals surface area contributed by atoms with Crippen LogP contribution in [0.25, 0.3) is 0 Å². The van der Waals surface area contributed by atoms with Crippen LogP contribution < -0.4 is 10.6 Å². The molecule has 7 heteroatoms. The quantitative estimate of drug-likeness (QED) is 0.689. The number of nitrogens with one attached hydrogen (secondary N) is 2. The average molecular weight is 392 g/mol. The summed E-state index contributed by atoms with van der Waals surface area (Å²) in [6.07, 6.45) is 1.66. The molecule has 0 aliphatic heterocycles. The highest BCUT2D eigenvalue weighted by Gasteiger charge is 2.15. The molecule has 3 aromatic rings. The fourth-order valence-corrected chi connectivity index (χ4v) is 3.46. The van der Waals surface area contributed by atoms with E-state index in [2.05, 4.69) is 46.6 Å². The van der Waals surface area contributed by atoms with E-state index in [1.165, 1.54) is 29.9 Å². The Balaban J connectivity index is 1.83. The highest BCUT2D eigenvalue weighted by molar-refractivity contribution is 7.99.